The fourth-order valence-electron chi connectivity index (χ4n) is 2.66. The average Bonchev–Trinajstić information content (AvgIpc) is 2.96. The summed E-state index contributed by atoms with van der Waals surface area (Å²) in [6.07, 6.45) is 0.0765. The molecule has 1 aliphatic heterocycles. The van der Waals surface area contributed by atoms with E-state index in [-0.39, 0.29) is 6.10 Å². The predicted octanol–water partition coefficient (Wildman–Crippen LogP) is 2.91. The van der Waals surface area contributed by atoms with Crippen LogP contribution < -0.4 is 8.92 Å². The van der Waals surface area contributed by atoms with Crippen LogP contribution in [0.15, 0.2) is 84.9 Å². The Hall–Kier alpha value is -1.86. The second-order valence-corrected chi connectivity index (χ2v) is 8.45. The van der Waals surface area contributed by atoms with Gasteiger partial charge in [0.15, 0.2) is 0 Å². The van der Waals surface area contributed by atoms with Crippen molar-refractivity contribution >= 4 is 23.2 Å². The first-order valence-corrected chi connectivity index (χ1v) is 9.45. The average molecular weight is 338 g/mol. The van der Waals surface area contributed by atoms with Gasteiger partial charge in [-0.2, -0.15) is 0 Å². The predicted molar refractivity (Wildman–Crippen MR) is 87.3 cm³/mol. The molecule has 1 aliphatic rings. The molecule has 0 aromatic heterocycles. The van der Waals surface area contributed by atoms with Crippen LogP contribution in [0.2, 0.25) is 0 Å². The van der Waals surface area contributed by atoms with E-state index < -0.39 is 14.2 Å². The van der Waals surface area contributed by atoms with Gasteiger partial charge >= 0.3 is 129 Å². The number of rotatable bonds is 2. The zero-order valence-corrected chi connectivity index (χ0v) is 13.2. The van der Waals surface area contributed by atoms with Crippen molar-refractivity contribution in [3.63, 3.8) is 0 Å². The van der Waals surface area contributed by atoms with Crippen molar-refractivity contribution in [2.45, 2.75) is 6.10 Å². The number of hydrogen-bond acceptors (Lipinski definition) is 1. The molecule has 3 aromatic rings. The standard InChI is InChI=1S/C19H15OSe/c1-3-9-15(10-4-1)19-17-13-7-8-14-18(17)21(20-19)16-11-5-2-6-12-16/h1-14,19H/q+1. The molecule has 1 nitrogen and oxygen atoms in total. The summed E-state index contributed by atoms with van der Waals surface area (Å²) in [4.78, 5) is 0. The SMILES string of the molecule is c1ccc(C2O[Se+](c3ccccc3)c3ccccc32)cc1. The Morgan fingerprint density at radius 3 is 2.05 bits per heavy atom. The summed E-state index contributed by atoms with van der Waals surface area (Å²) in [6.45, 7) is 0. The first kappa shape index (κ1) is 12.8. The maximum absolute atomic E-state index is 6.53. The van der Waals surface area contributed by atoms with Crippen LogP contribution in [0.3, 0.4) is 0 Å². The van der Waals surface area contributed by atoms with Crippen molar-refractivity contribution in [3.05, 3.63) is 96.1 Å². The van der Waals surface area contributed by atoms with Gasteiger partial charge in [-0.3, -0.25) is 0 Å². The van der Waals surface area contributed by atoms with Crippen LogP contribution in [-0.2, 0) is 3.82 Å². The fourth-order valence-corrected chi connectivity index (χ4v) is 6.58. The molecule has 0 amide bonds. The second-order valence-electron chi connectivity index (χ2n) is 5.01. The maximum atomic E-state index is 6.53. The van der Waals surface area contributed by atoms with E-state index in [0.717, 1.165) is 0 Å². The minimum absolute atomic E-state index is 0.0765. The van der Waals surface area contributed by atoms with Crippen LogP contribution in [0.5, 0.6) is 0 Å². The summed E-state index contributed by atoms with van der Waals surface area (Å²) >= 11 is -1.41. The van der Waals surface area contributed by atoms with Crippen molar-refractivity contribution in [2.75, 3.05) is 0 Å². The molecule has 2 unspecified atom stereocenters. The Balaban J connectivity index is 1.81. The quantitative estimate of drug-likeness (QED) is 0.653. The second kappa shape index (κ2) is 5.50. The molecule has 4 rings (SSSR count). The van der Waals surface area contributed by atoms with Gasteiger partial charge in [0.25, 0.3) is 0 Å². The Bertz CT molecular complexity index is 675. The molecule has 1 heterocycles. The van der Waals surface area contributed by atoms with Gasteiger partial charge in [0.2, 0.25) is 0 Å². The molecule has 0 saturated heterocycles. The summed E-state index contributed by atoms with van der Waals surface area (Å²) in [7, 11) is 0. The van der Waals surface area contributed by atoms with Crippen molar-refractivity contribution in [2.24, 2.45) is 0 Å². The van der Waals surface area contributed by atoms with E-state index in [4.69, 9.17) is 3.82 Å². The third-order valence-electron chi connectivity index (χ3n) is 3.65. The topological polar surface area (TPSA) is 9.23 Å². The van der Waals surface area contributed by atoms with Crippen LogP contribution in [0.25, 0.3) is 0 Å². The Labute approximate surface area is 129 Å². The molecule has 0 radical (unpaired) electrons. The van der Waals surface area contributed by atoms with Gasteiger partial charge in [-0.1, -0.05) is 0 Å². The van der Waals surface area contributed by atoms with Gasteiger partial charge in [0.1, 0.15) is 0 Å². The molecule has 102 valence electrons. The van der Waals surface area contributed by atoms with Crippen LogP contribution in [0.4, 0.5) is 0 Å². The van der Waals surface area contributed by atoms with Crippen molar-refractivity contribution < 1.29 is 3.82 Å². The van der Waals surface area contributed by atoms with E-state index in [1.54, 1.807) is 0 Å². The van der Waals surface area contributed by atoms with E-state index in [1.807, 2.05) is 0 Å². The van der Waals surface area contributed by atoms with Crippen LogP contribution in [-0.4, -0.2) is 14.2 Å². The molecule has 0 aliphatic carbocycles. The summed E-state index contributed by atoms with van der Waals surface area (Å²) in [5, 5.41) is 0. The van der Waals surface area contributed by atoms with Gasteiger partial charge in [-0.05, 0) is 0 Å². The van der Waals surface area contributed by atoms with Gasteiger partial charge < -0.3 is 0 Å². The first-order chi connectivity index (χ1) is 10.4. The number of fused-ring (bicyclic) bond motifs is 1. The minimum atomic E-state index is -1.41. The van der Waals surface area contributed by atoms with Crippen molar-refractivity contribution in [1.29, 1.82) is 0 Å². The summed E-state index contributed by atoms with van der Waals surface area (Å²) in [5.74, 6) is 0. The van der Waals surface area contributed by atoms with E-state index in [2.05, 4.69) is 84.9 Å². The molecule has 0 spiro atoms. The third kappa shape index (κ3) is 2.32. The first-order valence-electron chi connectivity index (χ1n) is 7.04. The normalized spacial score (nSPS) is 20.2. The van der Waals surface area contributed by atoms with Gasteiger partial charge in [0, 0.05) is 0 Å². The zero-order valence-electron chi connectivity index (χ0n) is 11.5. The molecule has 0 fully saturated rings. The van der Waals surface area contributed by atoms with E-state index in [0.29, 0.717) is 0 Å². The molecule has 0 N–H and O–H groups in total. The van der Waals surface area contributed by atoms with E-state index >= 15 is 0 Å². The van der Waals surface area contributed by atoms with E-state index in [9.17, 15) is 0 Å². The van der Waals surface area contributed by atoms with Gasteiger partial charge in [-0.25, -0.2) is 0 Å². The molecular formula is C19H15OSe+. The monoisotopic (exact) mass is 339 g/mol. The fraction of sp³-hybridized carbons (Fsp3) is 0.0526. The Morgan fingerprint density at radius 1 is 0.667 bits per heavy atom. The summed E-state index contributed by atoms with van der Waals surface area (Å²) < 4.78 is 9.27. The number of benzene rings is 3. The zero-order chi connectivity index (χ0) is 14.1. The van der Waals surface area contributed by atoms with Crippen LogP contribution in [0, 0.1) is 0 Å². The van der Waals surface area contributed by atoms with Gasteiger partial charge in [-0.15, -0.1) is 0 Å². The molecule has 0 bridgehead atoms. The summed E-state index contributed by atoms with van der Waals surface area (Å²) in [5.41, 5.74) is 2.57. The third-order valence-corrected chi connectivity index (χ3v) is 7.55. The summed E-state index contributed by atoms with van der Waals surface area (Å²) in [6, 6.07) is 29.8. The van der Waals surface area contributed by atoms with Crippen molar-refractivity contribution in [1.82, 2.24) is 0 Å². The molecule has 2 atom stereocenters. The molecular weight excluding hydrogens is 323 g/mol. The van der Waals surface area contributed by atoms with Crippen LogP contribution >= 0.6 is 0 Å². The molecule has 2 heteroatoms. The molecule has 21 heavy (non-hydrogen) atoms. The molecule has 3 aromatic carbocycles. The van der Waals surface area contributed by atoms with Crippen molar-refractivity contribution in [3.8, 4) is 0 Å². The van der Waals surface area contributed by atoms with Crippen LogP contribution in [0.1, 0.15) is 17.2 Å². The van der Waals surface area contributed by atoms with Gasteiger partial charge in [0.05, 0.1) is 0 Å². The Morgan fingerprint density at radius 2 is 1.29 bits per heavy atom. The molecule has 0 saturated carbocycles. The number of hydrogen-bond donors (Lipinski definition) is 0. The Kier molecular flexibility index (Phi) is 3.36. The van der Waals surface area contributed by atoms with E-state index in [1.165, 1.54) is 20.1 Å².